The van der Waals surface area contributed by atoms with Gasteiger partial charge in [0.15, 0.2) is 0 Å². The zero-order chi connectivity index (χ0) is 45.5. The number of rotatable bonds is 9. The molecule has 3 aliphatic rings. The van der Waals surface area contributed by atoms with Gasteiger partial charge in [-0.25, -0.2) is 15.2 Å². The third-order valence-electron chi connectivity index (χ3n) is 12.7. The Balaban J connectivity index is 1.30. The van der Waals surface area contributed by atoms with Crippen LogP contribution in [-0.2, 0) is 36.8 Å². The molecule has 3 aromatic heterocycles. The maximum atomic E-state index is 14.6. The molecule has 17 heteroatoms. The maximum absolute atomic E-state index is 14.6. The summed E-state index contributed by atoms with van der Waals surface area (Å²) >= 11 is 1.19. The van der Waals surface area contributed by atoms with Crippen LogP contribution >= 0.6 is 11.3 Å². The Kier molecular flexibility index (Phi) is 13.6. The number of urea groups is 1. The molecule has 0 radical (unpaired) electrons. The molecule has 2 saturated heterocycles. The van der Waals surface area contributed by atoms with Gasteiger partial charge in [0.2, 0.25) is 5.91 Å². The molecule has 4 amide bonds. The summed E-state index contributed by atoms with van der Waals surface area (Å²) in [5.41, 5.74) is 8.78. The summed E-state index contributed by atoms with van der Waals surface area (Å²) in [6.07, 6.45) is 1.38. The van der Waals surface area contributed by atoms with Crippen molar-refractivity contribution >= 4 is 46.1 Å². The van der Waals surface area contributed by atoms with Crippen molar-refractivity contribution in [3.8, 4) is 22.5 Å². The molecule has 7 rings (SSSR count). The largest absolute Gasteiger partial charge is 0.464 e. The lowest BCUT2D eigenvalue weighted by atomic mass is 9.84. The quantitative estimate of drug-likeness (QED) is 0.193. The molecule has 4 aromatic rings. The zero-order valence-corrected chi connectivity index (χ0v) is 39.0. The van der Waals surface area contributed by atoms with Crippen LogP contribution in [0.25, 0.3) is 33.4 Å². The molecule has 6 heterocycles. The number of benzene rings is 1. The molecule has 3 N–H and O–H groups in total. The number of amides is 4. The molecule has 1 aromatic carbocycles. The summed E-state index contributed by atoms with van der Waals surface area (Å²) in [5, 5.41) is 19.4. The fourth-order valence-corrected chi connectivity index (χ4v) is 9.90. The van der Waals surface area contributed by atoms with Gasteiger partial charge in [0.1, 0.15) is 29.2 Å². The van der Waals surface area contributed by atoms with Gasteiger partial charge in [-0.3, -0.25) is 24.4 Å². The Labute approximate surface area is 373 Å². The van der Waals surface area contributed by atoms with Gasteiger partial charge in [0.25, 0.3) is 5.91 Å². The number of methoxy groups -OCH3 is 1. The molecule has 340 valence electrons. The van der Waals surface area contributed by atoms with Crippen LogP contribution in [0.2, 0.25) is 0 Å². The number of aliphatic hydroxyl groups is 1. The highest BCUT2D eigenvalue weighted by Gasteiger charge is 2.43. The fourth-order valence-electron chi connectivity index (χ4n) is 9.05. The molecule has 6 bridgehead atoms. The van der Waals surface area contributed by atoms with E-state index in [-0.39, 0.29) is 42.3 Å². The molecule has 0 spiro atoms. The van der Waals surface area contributed by atoms with Crippen LogP contribution in [0, 0.1) is 11.3 Å². The summed E-state index contributed by atoms with van der Waals surface area (Å²) in [7, 11) is 7.19. The number of aliphatic hydroxyl groups excluding tert-OH is 1. The average molecular weight is 886 g/mol. The van der Waals surface area contributed by atoms with Gasteiger partial charge in [0, 0.05) is 85.4 Å². The third-order valence-corrected chi connectivity index (χ3v) is 13.7. The monoisotopic (exact) mass is 885 g/mol. The molecule has 0 saturated carbocycles. The van der Waals surface area contributed by atoms with E-state index < -0.39 is 47.4 Å². The number of aryl methyl sites for hydroxylation is 1. The van der Waals surface area contributed by atoms with Crippen molar-refractivity contribution in [3.63, 3.8) is 0 Å². The normalized spacial score (nSPS) is 21.8. The number of carbonyl (C=O) groups is 4. The Morgan fingerprint density at radius 3 is 2.57 bits per heavy atom. The lowest BCUT2D eigenvalue weighted by Gasteiger charge is -2.45. The van der Waals surface area contributed by atoms with Gasteiger partial charge in [-0.2, -0.15) is 0 Å². The molecule has 5 atom stereocenters. The van der Waals surface area contributed by atoms with Gasteiger partial charge >= 0.3 is 12.0 Å². The number of nitrogens with zero attached hydrogens (tertiary/aromatic N) is 7. The number of nitrogens with one attached hydrogen (secondary N) is 2. The predicted molar refractivity (Wildman–Crippen MR) is 241 cm³/mol. The summed E-state index contributed by atoms with van der Waals surface area (Å²) in [4.78, 5) is 71.3. The Hall–Kier alpha value is -4.94. The zero-order valence-electron chi connectivity index (χ0n) is 38.2. The number of cyclic esters (lactones) is 1. The molecule has 2 fully saturated rings. The molecule has 16 nitrogen and oxygen atoms in total. The SMILES string of the molecule is CCn1c(-c2cccnc2[C@H](C)OC)c2c3cc(ccc31)-c1csc(n1)[C@@H](O)[C@H](NC(=O)[C@H](C(C)C)N(C)C(=O)N1CC(N(C)C)C1)C(=O)N1CCC[C@H](N1)C(=O)OCC(C)(C)C2. The standard InChI is InChI=1S/C46H63N9O7S/c1-11-54-35-17-16-28-20-31(35)32(39(54)30-14-12-18-47-36(30)27(4)61-10)21-46(5,6)25-62-44(59)33-15-13-19-55(50-33)43(58)37(40(56)42-48-34(28)24-63-42)49-41(57)38(26(2)3)52(9)45(60)53-22-29(23-53)51(7)8/h12,14,16-18,20,24,26-27,29,33,37-38,40,50,56H,11,13,15,19,21-23,25H2,1-10H3,(H,49,57)/t27-,33-,37-,38-,40-/m0/s1. The summed E-state index contributed by atoms with van der Waals surface area (Å²) in [6.45, 7) is 14.0. The number of hydrogen-bond donors (Lipinski definition) is 3. The Morgan fingerprint density at radius 1 is 1.14 bits per heavy atom. The number of ether oxygens (including phenoxy) is 2. The topological polar surface area (TPSA) is 175 Å². The van der Waals surface area contributed by atoms with Crippen molar-refractivity contribution in [3.05, 3.63) is 58.2 Å². The van der Waals surface area contributed by atoms with E-state index in [4.69, 9.17) is 19.4 Å². The second-order valence-electron chi connectivity index (χ2n) is 18.5. The van der Waals surface area contributed by atoms with E-state index in [0.717, 1.165) is 39.0 Å². The number of hydrogen-bond acceptors (Lipinski definition) is 12. The molecule has 3 aliphatic heterocycles. The number of likely N-dealkylation sites (N-methyl/N-ethyl adjacent to an activating group) is 2. The number of hydrazine groups is 1. The number of carbonyl (C=O) groups excluding carboxylic acids is 4. The highest BCUT2D eigenvalue weighted by Crippen LogP contribution is 2.42. The van der Waals surface area contributed by atoms with E-state index >= 15 is 0 Å². The molecule has 0 aliphatic carbocycles. The smallest absolute Gasteiger partial charge is 0.324 e. The summed E-state index contributed by atoms with van der Waals surface area (Å²) in [5.74, 6) is -2.08. The van der Waals surface area contributed by atoms with Crippen molar-refractivity contribution in [1.82, 2.24) is 45.0 Å². The van der Waals surface area contributed by atoms with E-state index in [1.54, 1.807) is 25.3 Å². The number of esters is 1. The number of fused-ring (bicyclic) bond motifs is 6. The summed E-state index contributed by atoms with van der Waals surface area (Å²) < 4.78 is 14.2. The molecule has 0 unspecified atom stereocenters. The Morgan fingerprint density at radius 2 is 1.89 bits per heavy atom. The van der Waals surface area contributed by atoms with E-state index in [1.165, 1.54) is 21.2 Å². The van der Waals surface area contributed by atoms with Crippen LogP contribution in [0.3, 0.4) is 0 Å². The fraction of sp³-hybridized carbons (Fsp3) is 0.565. The van der Waals surface area contributed by atoms with Crippen molar-refractivity contribution < 1.29 is 33.8 Å². The number of aromatic nitrogens is 3. The van der Waals surface area contributed by atoms with Gasteiger partial charge in [-0.15, -0.1) is 11.3 Å². The predicted octanol–water partition coefficient (Wildman–Crippen LogP) is 5.02. The lowest BCUT2D eigenvalue weighted by Crippen LogP contribution is -2.65. The minimum atomic E-state index is -1.57. The minimum absolute atomic E-state index is 0.104. The maximum Gasteiger partial charge on any atom is 0.324 e. The first-order chi connectivity index (χ1) is 29.9. The highest BCUT2D eigenvalue weighted by molar-refractivity contribution is 7.10. The van der Waals surface area contributed by atoms with Gasteiger partial charge < -0.3 is 39.2 Å². The molecule has 63 heavy (non-hydrogen) atoms. The van der Waals surface area contributed by atoms with E-state index in [1.807, 2.05) is 52.4 Å². The third kappa shape index (κ3) is 9.21. The minimum Gasteiger partial charge on any atom is -0.464 e. The van der Waals surface area contributed by atoms with Crippen LogP contribution in [0.15, 0.2) is 41.9 Å². The van der Waals surface area contributed by atoms with E-state index in [0.29, 0.717) is 44.6 Å². The lowest BCUT2D eigenvalue weighted by molar-refractivity contribution is -0.156. The van der Waals surface area contributed by atoms with Gasteiger partial charge in [0.05, 0.1) is 29.8 Å². The van der Waals surface area contributed by atoms with Crippen molar-refractivity contribution in [2.75, 3.05) is 54.5 Å². The number of thiazole rings is 1. The average Bonchev–Trinajstić information content (AvgIpc) is 3.85. The van der Waals surface area contributed by atoms with Crippen LogP contribution in [0.1, 0.15) is 82.9 Å². The summed E-state index contributed by atoms with van der Waals surface area (Å²) in [6, 6.07) is 6.81. The van der Waals surface area contributed by atoms with Crippen molar-refractivity contribution in [2.24, 2.45) is 11.3 Å². The second-order valence-corrected chi connectivity index (χ2v) is 19.4. The van der Waals surface area contributed by atoms with E-state index in [2.05, 4.69) is 59.2 Å². The van der Waals surface area contributed by atoms with Crippen LogP contribution < -0.4 is 10.7 Å². The number of likely N-dealkylation sites (tertiary alicyclic amines) is 1. The van der Waals surface area contributed by atoms with Crippen LogP contribution in [-0.4, -0.2) is 142 Å². The second kappa shape index (κ2) is 18.6. The first kappa shape index (κ1) is 46.1. The first-order valence-electron chi connectivity index (χ1n) is 21.9. The van der Waals surface area contributed by atoms with Crippen molar-refractivity contribution in [1.29, 1.82) is 0 Å². The van der Waals surface area contributed by atoms with Gasteiger partial charge in [-0.05, 0) is 83.0 Å². The first-order valence-corrected chi connectivity index (χ1v) is 22.8. The van der Waals surface area contributed by atoms with Crippen molar-refractivity contribution in [2.45, 2.75) is 104 Å². The number of pyridine rings is 1. The Bertz CT molecular complexity index is 2340. The molecular weight excluding hydrogens is 823 g/mol. The molecular formula is C46H63N9O7S. The van der Waals surface area contributed by atoms with Gasteiger partial charge in [-0.1, -0.05) is 33.8 Å². The van der Waals surface area contributed by atoms with Crippen LogP contribution in [0.4, 0.5) is 4.79 Å². The van der Waals surface area contributed by atoms with E-state index in [9.17, 15) is 24.3 Å². The van der Waals surface area contributed by atoms with Crippen LogP contribution in [0.5, 0.6) is 0 Å². The highest BCUT2D eigenvalue weighted by atomic mass is 32.1.